The Morgan fingerprint density at radius 2 is 2.31 bits per heavy atom. The van der Waals surface area contributed by atoms with Gasteiger partial charge in [0.05, 0.1) is 6.61 Å². The molecular formula is C7H13NO5. The molecule has 0 aliphatic rings. The zero-order valence-corrected chi connectivity index (χ0v) is 7.44. The summed E-state index contributed by atoms with van der Waals surface area (Å²) in [5, 5.41) is 20.0. The Kier molecular flexibility index (Phi) is 3.09. The molecule has 0 fully saturated rings. The van der Waals surface area contributed by atoms with Gasteiger partial charge in [-0.2, -0.15) is 0 Å². The van der Waals surface area contributed by atoms with Crippen molar-refractivity contribution in [3.8, 4) is 0 Å². The second-order valence-corrected chi connectivity index (χ2v) is 2.30. The molecule has 0 aromatic heterocycles. The van der Waals surface area contributed by atoms with E-state index in [-0.39, 0.29) is 6.61 Å². The van der Waals surface area contributed by atoms with Crippen molar-refractivity contribution in [2.45, 2.75) is 25.9 Å². The van der Waals surface area contributed by atoms with E-state index in [4.69, 9.17) is 2.74 Å². The lowest BCUT2D eigenvalue weighted by atomic mass is 10.0. The summed E-state index contributed by atoms with van der Waals surface area (Å²) in [5.74, 6) is -1.32. The molecule has 0 saturated heterocycles. The Morgan fingerprint density at radius 3 is 2.62 bits per heavy atom. The van der Waals surface area contributed by atoms with Crippen LogP contribution in [0.25, 0.3) is 0 Å². The molecule has 0 saturated carbocycles. The maximum atomic E-state index is 11.2. The van der Waals surface area contributed by atoms with E-state index in [1.165, 1.54) is 13.8 Å². The molecule has 0 aromatic rings. The lowest BCUT2D eigenvalue weighted by molar-refractivity contribution is -0.497. The van der Waals surface area contributed by atoms with Gasteiger partial charge in [0.15, 0.2) is 0 Å². The highest BCUT2D eigenvalue weighted by Crippen LogP contribution is 2.12. The van der Waals surface area contributed by atoms with Gasteiger partial charge >= 0.3 is 5.97 Å². The van der Waals surface area contributed by atoms with E-state index in [0.717, 1.165) is 0 Å². The van der Waals surface area contributed by atoms with Crippen molar-refractivity contribution in [3.63, 3.8) is 0 Å². The molecule has 0 radical (unpaired) electrons. The Morgan fingerprint density at radius 1 is 1.77 bits per heavy atom. The van der Waals surface area contributed by atoms with Crippen LogP contribution < -0.4 is 0 Å². The number of ether oxygens (including phenoxy) is 1. The van der Waals surface area contributed by atoms with Crippen molar-refractivity contribution in [1.29, 1.82) is 0 Å². The van der Waals surface area contributed by atoms with E-state index >= 15 is 0 Å². The predicted molar refractivity (Wildman–Crippen MR) is 43.7 cm³/mol. The average molecular weight is 193 g/mol. The maximum Gasteiger partial charge on any atom is 0.345 e. The molecule has 76 valence electrons. The van der Waals surface area contributed by atoms with Gasteiger partial charge in [0.25, 0.3) is 0 Å². The number of aliphatic hydroxyl groups is 1. The lowest BCUT2D eigenvalue weighted by Crippen LogP contribution is -2.45. The van der Waals surface area contributed by atoms with Gasteiger partial charge in [-0.15, -0.1) is 0 Å². The average Bonchev–Trinajstić information content (AvgIpc) is 2.16. The first-order chi connectivity index (χ1) is 6.74. The quantitative estimate of drug-likeness (QED) is 0.376. The fourth-order valence-corrected chi connectivity index (χ4v) is 0.671. The van der Waals surface area contributed by atoms with Crippen LogP contribution in [0.4, 0.5) is 0 Å². The van der Waals surface area contributed by atoms with Gasteiger partial charge in [0.1, 0.15) is 2.74 Å². The highest BCUT2D eigenvalue weighted by Gasteiger charge is 2.41. The highest BCUT2D eigenvalue weighted by molar-refractivity contribution is 5.79. The summed E-state index contributed by atoms with van der Waals surface area (Å²) in [6, 6.07) is 0. The van der Waals surface area contributed by atoms with Gasteiger partial charge < -0.3 is 9.84 Å². The smallest absolute Gasteiger partial charge is 0.345 e. The monoisotopic (exact) mass is 193 g/mol. The number of carbonyl (C=O) groups is 1. The summed E-state index contributed by atoms with van der Waals surface area (Å²) < 4.78 is 18.5. The lowest BCUT2D eigenvalue weighted by Gasteiger charge is -2.19. The highest BCUT2D eigenvalue weighted by atomic mass is 16.6. The van der Waals surface area contributed by atoms with Crippen molar-refractivity contribution < 1.29 is 22.3 Å². The molecule has 6 nitrogen and oxygen atoms in total. The summed E-state index contributed by atoms with van der Waals surface area (Å²) in [6.07, 6.45) is -0.445. The molecule has 6 heteroatoms. The van der Waals surface area contributed by atoms with Gasteiger partial charge in [-0.25, -0.2) is 4.79 Å². The molecular weight excluding hydrogens is 178 g/mol. The molecule has 0 aliphatic heterocycles. The van der Waals surface area contributed by atoms with Gasteiger partial charge in [0, 0.05) is 4.92 Å². The molecule has 0 rings (SSSR count). The fourth-order valence-electron chi connectivity index (χ4n) is 0.671. The molecule has 0 heterocycles. The van der Waals surface area contributed by atoms with Crippen LogP contribution in [0.5, 0.6) is 0 Å². The zero-order chi connectivity index (χ0) is 12.3. The number of nitro groups is 1. The minimum absolute atomic E-state index is 0.0884. The SMILES string of the molecule is [2H]C([2H])([N+](=O)[O-])C(O)(CC)C(=O)OCC. The number of carbonyl (C=O) groups excluding carboxylic acids is 1. The zero-order valence-electron chi connectivity index (χ0n) is 9.44. The topological polar surface area (TPSA) is 89.7 Å². The van der Waals surface area contributed by atoms with E-state index in [1.54, 1.807) is 0 Å². The van der Waals surface area contributed by atoms with Crippen molar-refractivity contribution in [3.05, 3.63) is 10.1 Å². The Hall–Kier alpha value is -1.17. The molecule has 13 heavy (non-hydrogen) atoms. The summed E-state index contributed by atoms with van der Waals surface area (Å²) in [4.78, 5) is 20.3. The van der Waals surface area contributed by atoms with Gasteiger partial charge in [-0.1, -0.05) is 6.92 Å². The predicted octanol–water partition coefficient (Wildman–Crippen LogP) is -0.0327. The van der Waals surface area contributed by atoms with Crippen LogP contribution in [0.15, 0.2) is 0 Å². The Labute approximate surface area is 78.5 Å². The molecule has 0 aromatic carbocycles. The minimum atomic E-state index is -3.27. The Bertz CT molecular complexity index is 270. The Balaban J connectivity index is 5.17. The van der Waals surface area contributed by atoms with Crippen LogP contribution >= 0.6 is 0 Å². The van der Waals surface area contributed by atoms with Crippen LogP contribution in [-0.4, -0.2) is 34.7 Å². The molecule has 1 N–H and O–H groups in total. The van der Waals surface area contributed by atoms with Crippen LogP contribution in [0.1, 0.15) is 23.0 Å². The molecule has 0 amide bonds. The van der Waals surface area contributed by atoms with E-state index in [2.05, 4.69) is 4.74 Å². The normalized spacial score (nSPS) is 18.1. The summed E-state index contributed by atoms with van der Waals surface area (Å²) in [7, 11) is 0. The number of hydrogen-bond donors (Lipinski definition) is 1. The third-order valence-corrected chi connectivity index (χ3v) is 1.40. The van der Waals surface area contributed by atoms with Crippen LogP contribution in [0, 0.1) is 10.1 Å². The van der Waals surface area contributed by atoms with E-state index in [1.807, 2.05) is 0 Å². The van der Waals surface area contributed by atoms with Crippen LogP contribution in [-0.2, 0) is 9.53 Å². The van der Waals surface area contributed by atoms with Gasteiger partial charge in [-0.3, -0.25) is 10.1 Å². The maximum absolute atomic E-state index is 11.2. The molecule has 0 bridgehead atoms. The summed E-state index contributed by atoms with van der Waals surface area (Å²) in [5.41, 5.74) is -2.76. The molecule has 0 aliphatic carbocycles. The van der Waals surface area contributed by atoms with Crippen molar-refractivity contribution in [2.75, 3.05) is 13.1 Å². The first-order valence-corrected chi connectivity index (χ1v) is 3.78. The number of esters is 1. The van der Waals surface area contributed by atoms with Crippen molar-refractivity contribution in [2.24, 2.45) is 0 Å². The molecule has 1 atom stereocenters. The van der Waals surface area contributed by atoms with Gasteiger partial charge in [0.2, 0.25) is 12.1 Å². The molecule has 0 spiro atoms. The second kappa shape index (κ2) is 4.76. The van der Waals surface area contributed by atoms with Crippen LogP contribution in [0.2, 0.25) is 0 Å². The summed E-state index contributed by atoms with van der Waals surface area (Å²) in [6.45, 7) is -0.642. The standard InChI is InChI=1S/C7H13NO5/c1-3-7(10,5-8(11)12)6(9)13-4-2/h10H,3-5H2,1-2H3/i5D2. The number of hydrogen-bond acceptors (Lipinski definition) is 5. The van der Waals surface area contributed by atoms with E-state index in [9.17, 15) is 20.0 Å². The number of rotatable bonds is 5. The van der Waals surface area contributed by atoms with Crippen LogP contribution in [0.3, 0.4) is 0 Å². The second-order valence-electron chi connectivity index (χ2n) is 2.30. The van der Waals surface area contributed by atoms with Crippen molar-refractivity contribution >= 4 is 5.97 Å². The first kappa shape index (κ1) is 8.43. The van der Waals surface area contributed by atoms with E-state index in [0.29, 0.717) is 0 Å². The molecule has 1 unspecified atom stereocenters. The third kappa shape index (κ3) is 3.37. The number of nitrogens with zero attached hydrogens (tertiary/aromatic N) is 1. The largest absolute Gasteiger partial charge is 0.464 e. The fraction of sp³-hybridized carbons (Fsp3) is 0.857. The van der Waals surface area contributed by atoms with E-state index < -0.39 is 29.4 Å². The third-order valence-electron chi connectivity index (χ3n) is 1.40. The van der Waals surface area contributed by atoms with Crippen molar-refractivity contribution in [1.82, 2.24) is 0 Å². The minimum Gasteiger partial charge on any atom is -0.464 e. The first-order valence-electron chi connectivity index (χ1n) is 4.78. The summed E-state index contributed by atoms with van der Waals surface area (Å²) >= 11 is 0. The van der Waals surface area contributed by atoms with Gasteiger partial charge in [-0.05, 0) is 13.3 Å².